The van der Waals surface area contributed by atoms with E-state index < -0.39 is 8.07 Å². The van der Waals surface area contributed by atoms with Crippen LogP contribution in [0.2, 0.25) is 13.1 Å². The highest BCUT2D eigenvalue weighted by molar-refractivity contribution is 7.32. The van der Waals surface area contributed by atoms with Crippen LogP contribution in [0.25, 0.3) is 0 Å². The number of para-hydroxylation sites is 2. The van der Waals surface area contributed by atoms with E-state index in [0.717, 1.165) is 0 Å². The molecule has 0 radical (unpaired) electrons. The van der Waals surface area contributed by atoms with Crippen LogP contribution in [0.4, 0.5) is 11.4 Å². The summed E-state index contributed by atoms with van der Waals surface area (Å²) in [6, 6.07) is 21.8. The Morgan fingerprint density at radius 1 is 0.514 bits per heavy atom. The second kappa shape index (κ2) is 10.0. The second-order valence-corrected chi connectivity index (χ2v) is 15.8. The van der Waals surface area contributed by atoms with E-state index in [0.29, 0.717) is 0 Å². The fourth-order valence-corrected chi connectivity index (χ4v) is 10.8. The molecule has 0 N–H and O–H groups in total. The van der Waals surface area contributed by atoms with Gasteiger partial charge in [0.05, 0.1) is 0 Å². The Balaban J connectivity index is 1.75. The monoisotopic (exact) mass is 484 g/mol. The average molecular weight is 484 g/mol. The van der Waals surface area contributed by atoms with Crippen LogP contribution >= 0.6 is 0 Å². The molecule has 184 valence electrons. The van der Waals surface area contributed by atoms with Gasteiger partial charge in [-0.1, -0.05) is 36.4 Å². The predicted molar refractivity (Wildman–Crippen MR) is 160 cm³/mol. The molecule has 2 saturated heterocycles. The van der Waals surface area contributed by atoms with Gasteiger partial charge in [0.1, 0.15) is 27.9 Å². The van der Waals surface area contributed by atoms with Crippen LogP contribution in [0.3, 0.4) is 0 Å². The largest absolute Gasteiger partial charge is 0.484 e. The van der Waals surface area contributed by atoms with Crippen molar-refractivity contribution in [1.29, 1.82) is 0 Å². The lowest BCUT2D eigenvalue weighted by Crippen LogP contribution is -2.90. The zero-order chi connectivity index (χ0) is 25.7. The Morgan fingerprint density at radius 2 is 0.771 bits per heavy atom. The van der Waals surface area contributed by atoms with Crippen molar-refractivity contribution in [2.24, 2.45) is 0 Å². The molecule has 0 aromatic heterocycles. The van der Waals surface area contributed by atoms with Crippen LogP contribution in [0.5, 0.6) is 0 Å². The molecule has 0 amide bonds. The van der Waals surface area contributed by atoms with Gasteiger partial charge in [-0.05, 0) is 80.6 Å². The third kappa shape index (κ3) is 4.40. The molecule has 0 atom stereocenters. The van der Waals surface area contributed by atoms with Crippen LogP contribution in [-0.4, -0.2) is 112 Å². The minimum Gasteiger partial charge on any atom is -0.484 e. The molecule has 6 nitrogen and oxygen atoms in total. The smallest absolute Gasteiger partial charge is 0.145 e. The summed E-state index contributed by atoms with van der Waals surface area (Å²) in [5.41, 5.74) is 2.58. The van der Waals surface area contributed by atoms with Crippen molar-refractivity contribution in [2.45, 2.75) is 13.1 Å². The maximum Gasteiger partial charge on any atom is 0.145 e. The molecule has 0 aliphatic carbocycles. The van der Waals surface area contributed by atoms with E-state index in [4.69, 9.17) is 0 Å². The number of hydrogen-bond acceptors (Lipinski definition) is 6. The summed E-state index contributed by atoms with van der Waals surface area (Å²) in [6.07, 6.45) is 0. The van der Waals surface area contributed by atoms with Gasteiger partial charge in [-0.25, -0.2) is 0 Å². The molecule has 4 rings (SSSR count). The van der Waals surface area contributed by atoms with E-state index in [1.807, 2.05) is 0 Å². The molecule has 35 heavy (non-hydrogen) atoms. The molecule has 11 heteroatoms. The van der Waals surface area contributed by atoms with Gasteiger partial charge >= 0.3 is 0 Å². The molecule has 2 aromatic carbocycles. The van der Waals surface area contributed by atoms with E-state index in [2.05, 4.69) is 159 Å². The zero-order valence-electron chi connectivity index (χ0n) is 23.3. The van der Waals surface area contributed by atoms with Crippen molar-refractivity contribution < 1.29 is 0 Å². The zero-order valence-corrected chi connectivity index (χ0v) is 24.3. The van der Waals surface area contributed by atoms with Crippen LogP contribution in [0.15, 0.2) is 60.7 Å². The van der Waals surface area contributed by atoms with E-state index >= 15 is 0 Å². The molecule has 0 saturated carbocycles. The summed E-state index contributed by atoms with van der Waals surface area (Å²) < 4.78 is 5.18. The maximum absolute atomic E-state index is 2.59. The van der Waals surface area contributed by atoms with Crippen molar-refractivity contribution in [3.63, 3.8) is 0 Å². The van der Waals surface area contributed by atoms with Crippen LogP contribution in [-0.2, 0) is 0 Å². The fraction of sp³-hybridized carbons (Fsp3) is 0.417. The number of hydrogen-bond donors (Lipinski definition) is 0. The van der Waals surface area contributed by atoms with Gasteiger partial charge < -0.3 is 39.4 Å². The summed E-state index contributed by atoms with van der Waals surface area (Å²) >= 11 is 0. The Labute approximate surface area is 216 Å². The Hall–Kier alpha value is -1.64. The van der Waals surface area contributed by atoms with E-state index in [9.17, 15) is 0 Å². The van der Waals surface area contributed by atoms with Gasteiger partial charge in [-0.3, -0.25) is 8.07 Å². The summed E-state index contributed by atoms with van der Waals surface area (Å²) in [6.45, 7) is 6.32. The average Bonchev–Trinajstić information content (AvgIpc) is 2.72. The first-order valence-corrected chi connectivity index (χ1v) is 15.6. The van der Waals surface area contributed by atoms with E-state index in [1.165, 1.54) is 11.4 Å². The molecular formula is C24H40B4N6Si-2. The number of anilines is 2. The maximum atomic E-state index is 2.59. The molecule has 0 unspecified atom stereocenters. The van der Waals surface area contributed by atoms with Gasteiger partial charge in [-0.15, -0.1) is 13.1 Å². The van der Waals surface area contributed by atoms with Crippen molar-refractivity contribution >= 4 is 47.4 Å². The normalized spacial score (nSPS) is 17.9. The van der Waals surface area contributed by atoms with Crippen LogP contribution < -0.4 is 9.44 Å². The highest BCUT2D eigenvalue weighted by Crippen LogP contribution is 2.49. The Bertz CT molecular complexity index is 871. The quantitative estimate of drug-likeness (QED) is 0.421. The number of benzene rings is 2. The van der Waals surface area contributed by atoms with E-state index in [1.54, 1.807) is 10.7 Å². The third-order valence-electron chi connectivity index (χ3n) is 7.68. The predicted octanol–water partition coefficient (Wildman–Crippen LogP) is 2.32. The van der Waals surface area contributed by atoms with Crippen molar-refractivity contribution in [2.75, 3.05) is 65.8 Å². The van der Waals surface area contributed by atoms with Gasteiger partial charge in [-0.2, -0.15) is 0 Å². The van der Waals surface area contributed by atoms with Crippen molar-refractivity contribution in [3.05, 3.63) is 71.3 Å². The standard InChI is InChI=1S/C24H40B4N6Si/c1-29(2)25-23(26(30(3)4)33(25)21-17-13-11-14-18-21)35(9,10)24-27(31(5)6)34(28(24)32(7)8)22-19-15-12-16-20-22/h11-20H,1-10H3/q-2. The molecule has 2 aromatic rings. The highest BCUT2D eigenvalue weighted by atomic mass is 28.3. The lowest BCUT2D eigenvalue weighted by Gasteiger charge is -2.84. The Morgan fingerprint density at radius 3 is 1.00 bits per heavy atom. The molecule has 0 spiro atoms. The first-order chi connectivity index (χ1) is 16.5. The number of rotatable bonds is 8. The van der Waals surface area contributed by atoms with Crippen LogP contribution in [0.1, 0.15) is 0 Å². The highest BCUT2D eigenvalue weighted by Gasteiger charge is 2.54. The topological polar surface area (TPSA) is 19.4 Å². The van der Waals surface area contributed by atoms with Gasteiger partial charge in [0.15, 0.2) is 0 Å². The van der Waals surface area contributed by atoms with Gasteiger partial charge in [0, 0.05) is 11.4 Å². The first kappa shape index (κ1) is 26.4. The first-order valence-electron chi connectivity index (χ1n) is 12.6. The van der Waals surface area contributed by atoms with E-state index in [-0.39, 0.29) is 27.9 Å². The molecule has 2 aliphatic heterocycles. The van der Waals surface area contributed by atoms with Crippen molar-refractivity contribution in [1.82, 2.24) is 19.2 Å². The molecule has 2 heterocycles. The summed E-state index contributed by atoms with van der Waals surface area (Å²) in [7, 11) is 15.8. The lowest BCUT2D eigenvalue weighted by atomic mass is 9.31. The number of nitrogens with zero attached hydrogens (tertiary/aromatic N) is 6. The summed E-state index contributed by atoms with van der Waals surface area (Å²) in [5, 5.41) is 3.38. The molecule has 2 fully saturated rings. The molecule has 0 bridgehead atoms. The van der Waals surface area contributed by atoms with Crippen LogP contribution in [0, 0.1) is 10.7 Å². The molecule has 2 aliphatic rings. The minimum absolute atomic E-state index is 0.287. The minimum atomic E-state index is -2.01. The summed E-state index contributed by atoms with van der Waals surface area (Å²) in [4.78, 5) is 9.61. The lowest BCUT2D eigenvalue weighted by molar-refractivity contribution is 0.597. The SMILES string of the molecule is CN(C)B1[C-]([Si](C)(C)[C-]2B(N(C)C)N(c3ccccc3)B2N(C)C)B(N(C)C)N1c1ccccc1. The van der Waals surface area contributed by atoms with Crippen molar-refractivity contribution in [3.8, 4) is 0 Å². The Kier molecular flexibility index (Phi) is 7.56. The summed E-state index contributed by atoms with van der Waals surface area (Å²) in [5.74, 6) is 0. The molecular weight excluding hydrogens is 444 g/mol. The third-order valence-corrected chi connectivity index (χ3v) is 11.6. The van der Waals surface area contributed by atoms with Gasteiger partial charge in [0.25, 0.3) is 0 Å². The second-order valence-electron chi connectivity index (χ2n) is 11.4. The van der Waals surface area contributed by atoms with Gasteiger partial charge in [0.2, 0.25) is 0 Å². The fourth-order valence-electron chi connectivity index (χ4n) is 6.30.